The predicted molar refractivity (Wildman–Crippen MR) is 131 cm³/mol. The highest BCUT2D eigenvalue weighted by molar-refractivity contribution is 7.18. The Bertz CT molecular complexity index is 1370. The SMILES string of the molecule is Cc1cccn2cc(COc3ccc(C(=O)NCCCc4nc5ccccc5s4)cc3)nc12. The summed E-state index contributed by atoms with van der Waals surface area (Å²) < 4.78 is 9.06. The molecular weight excluding hydrogens is 432 g/mol. The lowest BCUT2D eigenvalue weighted by Gasteiger charge is -2.07. The molecule has 0 fully saturated rings. The van der Waals surface area contributed by atoms with E-state index < -0.39 is 0 Å². The summed E-state index contributed by atoms with van der Waals surface area (Å²) in [6.45, 7) is 3.02. The summed E-state index contributed by atoms with van der Waals surface area (Å²) in [6, 6.07) is 19.4. The second-order valence-corrected chi connectivity index (χ2v) is 9.02. The highest BCUT2D eigenvalue weighted by atomic mass is 32.1. The van der Waals surface area contributed by atoms with Gasteiger partial charge in [0, 0.05) is 30.9 Å². The van der Waals surface area contributed by atoms with Crippen molar-refractivity contribution >= 4 is 33.1 Å². The van der Waals surface area contributed by atoms with Gasteiger partial charge in [0.05, 0.1) is 20.9 Å². The molecule has 0 saturated heterocycles. The van der Waals surface area contributed by atoms with Crippen LogP contribution in [0.15, 0.2) is 73.1 Å². The minimum atomic E-state index is -0.0818. The number of aromatic nitrogens is 3. The molecule has 2 aromatic carbocycles. The highest BCUT2D eigenvalue weighted by Crippen LogP contribution is 2.22. The summed E-state index contributed by atoms with van der Waals surface area (Å²) in [5, 5.41) is 4.09. The number of carbonyl (C=O) groups is 1. The van der Waals surface area contributed by atoms with Crippen LogP contribution in [-0.2, 0) is 13.0 Å². The number of ether oxygens (including phenoxy) is 1. The van der Waals surface area contributed by atoms with Crippen LogP contribution in [-0.4, -0.2) is 26.8 Å². The van der Waals surface area contributed by atoms with Crippen molar-refractivity contribution < 1.29 is 9.53 Å². The van der Waals surface area contributed by atoms with Crippen molar-refractivity contribution in [2.24, 2.45) is 0 Å². The number of hydrogen-bond acceptors (Lipinski definition) is 5. The molecule has 0 aliphatic heterocycles. The van der Waals surface area contributed by atoms with Crippen LogP contribution in [0.25, 0.3) is 15.9 Å². The summed E-state index contributed by atoms with van der Waals surface area (Å²) in [5.74, 6) is 0.623. The van der Waals surface area contributed by atoms with E-state index in [9.17, 15) is 4.79 Å². The van der Waals surface area contributed by atoms with Crippen molar-refractivity contribution in [3.05, 3.63) is 94.9 Å². The molecule has 166 valence electrons. The number of rotatable bonds is 8. The van der Waals surface area contributed by atoms with Gasteiger partial charge in [0.25, 0.3) is 5.91 Å². The Morgan fingerprint density at radius 2 is 1.91 bits per heavy atom. The number of carbonyl (C=O) groups excluding carboxylic acids is 1. The lowest BCUT2D eigenvalue weighted by molar-refractivity contribution is 0.0953. The Morgan fingerprint density at radius 3 is 2.73 bits per heavy atom. The number of imidazole rings is 1. The summed E-state index contributed by atoms with van der Waals surface area (Å²) in [4.78, 5) is 21.7. The number of thiazole rings is 1. The number of pyridine rings is 1. The second kappa shape index (κ2) is 9.42. The fraction of sp³-hybridized carbons (Fsp3) is 0.192. The van der Waals surface area contributed by atoms with Crippen LogP contribution in [0.4, 0.5) is 0 Å². The van der Waals surface area contributed by atoms with E-state index in [1.807, 2.05) is 66.2 Å². The van der Waals surface area contributed by atoms with Gasteiger partial charge in [0.2, 0.25) is 0 Å². The quantitative estimate of drug-likeness (QED) is 0.326. The molecule has 3 heterocycles. The topological polar surface area (TPSA) is 68.5 Å². The number of amides is 1. The van der Waals surface area contributed by atoms with E-state index >= 15 is 0 Å². The molecule has 6 nitrogen and oxygen atoms in total. The van der Waals surface area contributed by atoms with E-state index in [0.717, 1.165) is 40.3 Å². The Labute approximate surface area is 195 Å². The van der Waals surface area contributed by atoms with Gasteiger partial charge in [0.15, 0.2) is 0 Å². The minimum Gasteiger partial charge on any atom is -0.487 e. The van der Waals surface area contributed by atoms with E-state index in [-0.39, 0.29) is 5.91 Å². The first-order valence-electron chi connectivity index (χ1n) is 10.9. The molecule has 0 spiro atoms. The maximum atomic E-state index is 12.4. The van der Waals surface area contributed by atoms with Gasteiger partial charge in [-0.3, -0.25) is 4.79 Å². The minimum absolute atomic E-state index is 0.0818. The molecule has 0 unspecified atom stereocenters. The monoisotopic (exact) mass is 456 g/mol. The molecule has 0 aliphatic carbocycles. The second-order valence-electron chi connectivity index (χ2n) is 7.90. The molecule has 0 radical (unpaired) electrons. The third-order valence-electron chi connectivity index (χ3n) is 5.42. The average molecular weight is 457 g/mol. The van der Waals surface area contributed by atoms with Gasteiger partial charge in [-0.1, -0.05) is 18.2 Å². The first-order chi connectivity index (χ1) is 16.2. The third-order valence-corrected chi connectivity index (χ3v) is 6.52. The zero-order valence-corrected chi connectivity index (χ0v) is 19.1. The fourth-order valence-electron chi connectivity index (χ4n) is 3.70. The van der Waals surface area contributed by atoms with E-state index in [1.165, 1.54) is 4.70 Å². The molecule has 0 aliphatic rings. The van der Waals surface area contributed by atoms with Crippen LogP contribution in [0.5, 0.6) is 5.75 Å². The van der Waals surface area contributed by atoms with Gasteiger partial charge in [-0.2, -0.15) is 0 Å². The molecule has 1 amide bonds. The standard InChI is InChI=1S/C26H24N4O2S/c1-18-6-5-15-30-16-20(28-25(18)30)17-32-21-12-10-19(11-13-21)26(31)27-14-4-9-24-29-22-7-2-3-8-23(22)33-24/h2-3,5-8,10-13,15-16H,4,9,14,17H2,1H3,(H,27,31). The van der Waals surface area contributed by atoms with Crippen LogP contribution in [0, 0.1) is 6.92 Å². The number of para-hydroxylation sites is 1. The zero-order valence-electron chi connectivity index (χ0n) is 18.3. The van der Waals surface area contributed by atoms with Crippen molar-refractivity contribution in [1.82, 2.24) is 19.7 Å². The number of nitrogens with one attached hydrogen (secondary N) is 1. The third kappa shape index (κ3) is 4.88. The van der Waals surface area contributed by atoms with Crippen LogP contribution < -0.4 is 10.1 Å². The van der Waals surface area contributed by atoms with Crippen molar-refractivity contribution in [2.45, 2.75) is 26.4 Å². The van der Waals surface area contributed by atoms with Gasteiger partial charge in [-0.15, -0.1) is 11.3 Å². The van der Waals surface area contributed by atoms with Crippen LogP contribution >= 0.6 is 11.3 Å². The molecule has 5 aromatic rings. The lowest BCUT2D eigenvalue weighted by Crippen LogP contribution is -2.24. The fourth-order valence-corrected chi connectivity index (χ4v) is 4.71. The summed E-state index contributed by atoms with van der Waals surface area (Å²) >= 11 is 1.72. The number of fused-ring (bicyclic) bond motifs is 2. The van der Waals surface area contributed by atoms with E-state index in [1.54, 1.807) is 23.5 Å². The van der Waals surface area contributed by atoms with Gasteiger partial charge < -0.3 is 14.5 Å². The van der Waals surface area contributed by atoms with Crippen LogP contribution in [0.2, 0.25) is 0 Å². The number of hydrogen-bond donors (Lipinski definition) is 1. The largest absolute Gasteiger partial charge is 0.487 e. The van der Waals surface area contributed by atoms with Gasteiger partial charge in [0.1, 0.15) is 18.0 Å². The lowest BCUT2D eigenvalue weighted by atomic mass is 10.2. The molecule has 0 bridgehead atoms. The maximum Gasteiger partial charge on any atom is 0.251 e. The molecular formula is C26H24N4O2S. The van der Waals surface area contributed by atoms with Crippen molar-refractivity contribution in [3.63, 3.8) is 0 Å². The zero-order chi connectivity index (χ0) is 22.6. The van der Waals surface area contributed by atoms with Crippen LogP contribution in [0.1, 0.15) is 33.0 Å². The number of nitrogens with zero attached hydrogens (tertiary/aromatic N) is 3. The Balaban J connectivity index is 1.09. The molecule has 3 aromatic heterocycles. The molecule has 33 heavy (non-hydrogen) atoms. The molecule has 0 saturated carbocycles. The summed E-state index contributed by atoms with van der Waals surface area (Å²) in [6.07, 6.45) is 5.66. The average Bonchev–Trinajstić information content (AvgIpc) is 3.45. The van der Waals surface area contributed by atoms with E-state index in [4.69, 9.17) is 4.74 Å². The summed E-state index contributed by atoms with van der Waals surface area (Å²) in [7, 11) is 0. The van der Waals surface area contributed by atoms with Gasteiger partial charge in [-0.25, -0.2) is 9.97 Å². The first kappa shape index (κ1) is 21.2. The molecule has 7 heteroatoms. The Morgan fingerprint density at radius 1 is 1.06 bits per heavy atom. The van der Waals surface area contributed by atoms with E-state index in [2.05, 4.69) is 21.4 Å². The van der Waals surface area contributed by atoms with Crippen LogP contribution in [0.3, 0.4) is 0 Å². The van der Waals surface area contributed by atoms with Gasteiger partial charge >= 0.3 is 0 Å². The number of benzene rings is 2. The normalized spacial score (nSPS) is 11.2. The Hall–Kier alpha value is -3.71. The van der Waals surface area contributed by atoms with E-state index in [0.29, 0.717) is 24.5 Å². The predicted octanol–water partition coefficient (Wildman–Crippen LogP) is 5.19. The Kier molecular flexibility index (Phi) is 6.04. The molecule has 1 N–H and O–H groups in total. The smallest absolute Gasteiger partial charge is 0.251 e. The van der Waals surface area contributed by atoms with Gasteiger partial charge in [-0.05, 0) is 61.4 Å². The molecule has 0 atom stereocenters. The highest BCUT2D eigenvalue weighted by Gasteiger charge is 2.08. The molecule has 5 rings (SSSR count). The first-order valence-corrected chi connectivity index (χ1v) is 11.8. The van der Waals surface area contributed by atoms with Crippen molar-refractivity contribution in [3.8, 4) is 5.75 Å². The summed E-state index contributed by atoms with van der Waals surface area (Å²) in [5.41, 5.74) is 4.58. The number of aryl methyl sites for hydroxylation is 2. The van der Waals surface area contributed by atoms with Crippen molar-refractivity contribution in [1.29, 1.82) is 0 Å². The van der Waals surface area contributed by atoms with Crippen molar-refractivity contribution in [2.75, 3.05) is 6.54 Å². The maximum absolute atomic E-state index is 12.4.